The number of aliphatic hydroxyl groups excluding tert-OH is 1. The number of hydrogen-bond acceptors (Lipinski definition) is 3. The van der Waals surface area contributed by atoms with Crippen LogP contribution >= 0.6 is 0 Å². The molecule has 4 nitrogen and oxygen atoms in total. The lowest BCUT2D eigenvalue weighted by atomic mass is 9.95. The third-order valence-electron chi connectivity index (χ3n) is 4.20. The van der Waals surface area contributed by atoms with Gasteiger partial charge >= 0.3 is 0 Å². The van der Waals surface area contributed by atoms with E-state index in [9.17, 15) is 4.79 Å². The van der Waals surface area contributed by atoms with Crippen LogP contribution in [0.1, 0.15) is 44.9 Å². The highest BCUT2D eigenvalue weighted by molar-refractivity contribution is 5.78. The first-order valence-corrected chi connectivity index (χ1v) is 7.41. The molecule has 104 valence electrons. The van der Waals surface area contributed by atoms with Crippen molar-refractivity contribution in [3.63, 3.8) is 0 Å². The van der Waals surface area contributed by atoms with Crippen molar-refractivity contribution in [1.29, 1.82) is 0 Å². The van der Waals surface area contributed by atoms with Crippen LogP contribution in [0.3, 0.4) is 0 Å². The zero-order chi connectivity index (χ0) is 12.8. The Morgan fingerprint density at radius 1 is 1.28 bits per heavy atom. The maximum absolute atomic E-state index is 11.6. The van der Waals surface area contributed by atoms with E-state index < -0.39 is 0 Å². The normalized spacial score (nSPS) is 25.9. The fourth-order valence-electron chi connectivity index (χ4n) is 3.08. The summed E-state index contributed by atoms with van der Waals surface area (Å²) in [6.45, 7) is 2.74. The van der Waals surface area contributed by atoms with Crippen molar-refractivity contribution >= 4 is 5.91 Å². The van der Waals surface area contributed by atoms with E-state index in [-0.39, 0.29) is 18.4 Å². The van der Waals surface area contributed by atoms with Crippen molar-refractivity contribution in [2.24, 2.45) is 5.92 Å². The lowest BCUT2D eigenvalue weighted by molar-refractivity contribution is -0.127. The second-order valence-electron chi connectivity index (χ2n) is 5.74. The lowest BCUT2D eigenvalue weighted by Crippen LogP contribution is -2.34. The van der Waals surface area contributed by atoms with E-state index in [0.717, 1.165) is 26.1 Å². The van der Waals surface area contributed by atoms with Gasteiger partial charge in [-0.05, 0) is 25.8 Å². The van der Waals surface area contributed by atoms with Crippen LogP contribution in [0.25, 0.3) is 0 Å². The smallest absolute Gasteiger partial charge is 0.223 e. The van der Waals surface area contributed by atoms with Gasteiger partial charge in [-0.3, -0.25) is 4.79 Å². The minimum Gasteiger partial charge on any atom is -0.396 e. The molecule has 1 heterocycles. The molecule has 0 aromatic heterocycles. The van der Waals surface area contributed by atoms with E-state index in [1.807, 2.05) is 4.90 Å². The predicted octanol–water partition coefficient (Wildman–Crippen LogP) is 1.14. The van der Waals surface area contributed by atoms with Crippen molar-refractivity contribution in [2.75, 3.05) is 26.2 Å². The second kappa shape index (κ2) is 7.10. The molecule has 0 bridgehead atoms. The first-order valence-electron chi connectivity index (χ1n) is 7.41. The van der Waals surface area contributed by atoms with Gasteiger partial charge in [0.15, 0.2) is 0 Å². The zero-order valence-corrected chi connectivity index (χ0v) is 11.2. The van der Waals surface area contributed by atoms with Crippen LogP contribution in [-0.4, -0.2) is 48.2 Å². The Kier molecular flexibility index (Phi) is 5.45. The summed E-state index contributed by atoms with van der Waals surface area (Å²) in [5.41, 5.74) is 0. The highest BCUT2D eigenvalue weighted by Crippen LogP contribution is 2.18. The molecule has 1 unspecified atom stereocenters. The summed E-state index contributed by atoms with van der Waals surface area (Å²) in [4.78, 5) is 13.5. The van der Waals surface area contributed by atoms with Crippen LogP contribution in [0.5, 0.6) is 0 Å². The molecule has 4 heteroatoms. The van der Waals surface area contributed by atoms with Gasteiger partial charge in [0, 0.05) is 38.1 Å². The number of carbonyl (C=O) groups is 1. The van der Waals surface area contributed by atoms with Gasteiger partial charge in [0.25, 0.3) is 0 Å². The number of hydrogen-bond donors (Lipinski definition) is 2. The highest BCUT2D eigenvalue weighted by Gasteiger charge is 2.28. The third kappa shape index (κ3) is 3.95. The molecule has 0 spiro atoms. The number of amides is 1. The largest absolute Gasteiger partial charge is 0.396 e. The van der Waals surface area contributed by atoms with Gasteiger partial charge in [-0.1, -0.05) is 19.3 Å². The molecular formula is C14H26N2O2. The number of rotatable bonds is 6. The third-order valence-corrected chi connectivity index (χ3v) is 4.20. The average molecular weight is 254 g/mol. The van der Waals surface area contributed by atoms with Gasteiger partial charge in [-0.25, -0.2) is 0 Å². The number of likely N-dealkylation sites (tertiary alicyclic amines) is 1. The number of nitrogens with zero attached hydrogens (tertiary/aromatic N) is 1. The SMILES string of the molecule is O=C1CC(CO)CN1CCCNC1CCCCC1. The van der Waals surface area contributed by atoms with E-state index in [0.29, 0.717) is 12.5 Å². The van der Waals surface area contributed by atoms with Crippen LogP contribution in [-0.2, 0) is 4.79 Å². The van der Waals surface area contributed by atoms with Gasteiger partial charge in [-0.2, -0.15) is 0 Å². The van der Waals surface area contributed by atoms with Gasteiger partial charge in [0.05, 0.1) is 0 Å². The Morgan fingerprint density at radius 2 is 2.06 bits per heavy atom. The van der Waals surface area contributed by atoms with Crippen LogP contribution in [0.2, 0.25) is 0 Å². The van der Waals surface area contributed by atoms with E-state index in [4.69, 9.17) is 5.11 Å². The Labute approximate surface area is 110 Å². The fraction of sp³-hybridized carbons (Fsp3) is 0.929. The predicted molar refractivity (Wildman–Crippen MR) is 71.3 cm³/mol. The number of aliphatic hydroxyl groups is 1. The van der Waals surface area contributed by atoms with E-state index in [1.165, 1.54) is 32.1 Å². The summed E-state index contributed by atoms with van der Waals surface area (Å²) in [6.07, 6.45) is 8.31. The van der Waals surface area contributed by atoms with Crippen LogP contribution < -0.4 is 5.32 Å². The quantitative estimate of drug-likeness (QED) is 0.699. The van der Waals surface area contributed by atoms with Gasteiger partial charge < -0.3 is 15.3 Å². The highest BCUT2D eigenvalue weighted by atomic mass is 16.3. The zero-order valence-electron chi connectivity index (χ0n) is 11.2. The van der Waals surface area contributed by atoms with Crippen molar-refractivity contribution < 1.29 is 9.90 Å². The van der Waals surface area contributed by atoms with Crippen molar-refractivity contribution in [3.05, 3.63) is 0 Å². The molecule has 1 saturated heterocycles. The van der Waals surface area contributed by atoms with Crippen molar-refractivity contribution in [3.8, 4) is 0 Å². The Morgan fingerprint density at radius 3 is 2.72 bits per heavy atom. The molecule has 1 amide bonds. The Bertz CT molecular complexity index is 265. The summed E-state index contributed by atoms with van der Waals surface area (Å²) in [7, 11) is 0. The van der Waals surface area contributed by atoms with Crippen molar-refractivity contribution in [1.82, 2.24) is 10.2 Å². The minimum absolute atomic E-state index is 0.141. The summed E-state index contributed by atoms with van der Waals surface area (Å²) < 4.78 is 0. The molecule has 1 atom stereocenters. The minimum atomic E-state index is 0.141. The van der Waals surface area contributed by atoms with Crippen LogP contribution in [0, 0.1) is 5.92 Å². The molecule has 0 aromatic rings. The number of nitrogens with one attached hydrogen (secondary N) is 1. The summed E-state index contributed by atoms with van der Waals surface area (Å²) in [5.74, 6) is 0.385. The maximum atomic E-state index is 11.6. The molecule has 1 aliphatic heterocycles. The first kappa shape index (κ1) is 13.8. The van der Waals surface area contributed by atoms with E-state index in [1.54, 1.807) is 0 Å². The van der Waals surface area contributed by atoms with Crippen molar-refractivity contribution in [2.45, 2.75) is 51.0 Å². The average Bonchev–Trinajstić information content (AvgIpc) is 2.77. The summed E-state index contributed by atoms with van der Waals surface area (Å²) in [6, 6.07) is 0.707. The molecule has 2 rings (SSSR count). The fourth-order valence-corrected chi connectivity index (χ4v) is 3.08. The van der Waals surface area contributed by atoms with Gasteiger partial charge in [0.2, 0.25) is 5.91 Å². The van der Waals surface area contributed by atoms with Gasteiger partial charge in [-0.15, -0.1) is 0 Å². The standard InChI is InChI=1S/C14H26N2O2/c17-11-12-9-14(18)16(10-12)8-4-7-15-13-5-2-1-3-6-13/h12-13,15,17H,1-11H2. The molecule has 2 fully saturated rings. The second-order valence-corrected chi connectivity index (χ2v) is 5.74. The molecule has 0 aromatic carbocycles. The first-order chi connectivity index (χ1) is 8.79. The molecular weight excluding hydrogens is 228 g/mol. The van der Waals surface area contributed by atoms with E-state index >= 15 is 0 Å². The molecule has 2 N–H and O–H groups in total. The van der Waals surface area contributed by atoms with E-state index in [2.05, 4.69) is 5.32 Å². The van der Waals surface area contributed by atoms with Gasteiger partial charge in [0.1, 0.15) is 0 Å². The Hall–Kier alpha value is -0.610. The Balaban J connectivity index is 1.56. The number of carbonyl (C=O) groups excluding carboxylic acids is 1. The van der Waals surface area contributed by atoms with Crippen LogP contribution in [0.15, 0.2) is 0 Å². The molecule has 18 heavy (non-hydrogen) atoms. The molecule has 2 aliphatic rings. The summed E-state index contributed by atoms with van der Waals surface area (Å²) in [5, 5.41) is 12.7. The lowest BCUT2D eigenvalue weighted by Gasteiger charge is -2.23. The summed E-state index contributed by atoms with van der Waals surface area (Å²) >= 11 is 0. The molecule has 0 radical (unpaired) electrons. The monoisotopic (exact) mass is 254 g/mol. The molecule has 1 saturated carbocycles. The maximum Gasteiger partial charge on any atom is 0.223 e. The van der Waals surface area contributed by atoms with Crippen LogP contribution in [0.4, 0.5) is 0 Å². The molecule has 1 aliphatic carbocycles. The topological polar surface area (TPSA) is 52.6 Å².